The lowest BCUT2D eigenvalue weighted by Crippen LogP contribution is -2.05. The van der Waals surface area contributed by atoms with Crippen LogP contribution in [0.15, 0.2) is 71.3 Å². The minimum atomic E-state index is 0.177. The molecule has 1 N–H and O–H groups in total. The van der Waals surface area contributed by atoms with Crippen molar-refractivity contribution in [2.75, 3.05) is 5.32 Å². The molecule has 0 aliphatic rings. The molecule has 2 aromatic carbocycles. The van der Waals surface area contributed by atoms with E-state index in [1.54, 1.807) is 0 Å². The summed E-state index contributed by atoms with van der Waals surface area (Å²) < 4.78 is 3.15. The van der Waals surface area contributed by atoms with Crippen molar-refractivity contribution in [3.63, 3.8) is 0 Å². The van der Waals surface area contributed by atoms with Crippen LogP contribution in [0, 0.1) is 13.8 Å². The number of halogens is 1. The molecule has 0 amide bonds. The maximum Gasteiger partial charge on any atom is 0.139 e. The van der Waals surface area contributed by atoms with Gasteiger partial charge in [-0.2, -0.15) is 0 Å². The lowest BCUT2D eigenvalue weighted by atomic mass is 9.97. The van der Waals surface area contributed by atoms with Crippen LogP contribution in [0.5, 0.6) is 0 Å². The second kappa shape index (κ2) is 7.20. The lowest BCUT2D eigenvalue weighted by Gasteiger charge is -2.17. The Morgan fingerprint density at radius 3 is 2.33 bits per heavy atom. The van der Waals surface area contributed by atoms with E-state index in [0.29, 0.717) is 0 Å². The van der Waals surface area contributed by atoms with Gasteiger partial charge in [-0.05, 0) is 58.6 Å². The van der Waals surface area contributed by atoms with Crippen LogP contribution in [0.3, 0.4) is 0 Å². The molecular weight excluding hydrogens is 398 g/mol. The van der Waals surface area contributed by atoms with Crippen LogP contribution in [0.2, 0.25) is 0 Å². The number of hydrogen-bond donors (Lipinski definition) is 1. The van der Waals surface area contributed by atoms with Gasteiger partial charge in [0.1, 0.15) is 11.5 Å². The molecule has 4 aromatic rings. The average Bonchev–Trinajstić information content (AvgIpc) is 3.02. The predicted molar refractivity (Wildman–Crippen MR) is 116 cm³/mol. The SMILES string of the molecule is Cc1cccc(C)c1Nc1c(C(C)c2ccccc2)nc2ccc(Br)cn12. The van der Waals surface area contributed by atoms with E-state index in [0.717, 1.165) is 27.3 Å². The fourth-order valence-corrected chi connectivity index (χ4v) is 3.83. The Bertz CT molecular complexity index is 1080. The maximum absolute atomic E-state index is 4.97. The minimum Gasteiger partial charge on any atom is -0.339 e. The molecule has 0 fully saturated rings. The summed E-state index contributed by atoms with van der Waals surface area (Å²) in [4.78, 5) is 4.97. The number of rotatable bonds is 4. The fraction of sp³-hybridized carbons (Fsp3) is 0.174. The van der Waals surface area contributed by atoms with E-state index < -0.39 is 0 Å². The van der Waals surface area contributed by atoms with Crippen molar-refractivity contribution in [3.05, 3.63) is 93.7 Å². The third-order valence-corrected chi connectivity index (χ3v) is 5.51. The highest BCUT2D eigenvalue weighted by molar-refractivity contribution is 9.10. The van der Waals surface area contributed by atoms with E-state index >= 15 is 0 Å². The summed E-state index contributed by atoms with van der Waals surface area (Å²) >= 11 is 3.60. The highest BCUT2D eigenvalue weighted by atomic mass is 79.9. The molecule has 0 spiro atoms. The Morgan fingerprint density at radius 2 is 1.63 bits per heavy atom. The molecule has 136 valence electrons. The lowest BCUT2D eigenvalue weighted by molar-refractivity contribution is 0.888. The van der Waals surface area contributed by atoms with Crippen molar-refractivity contribution in [1.29, 1.82) is 0 Å². The van der Waals surface area contributed by atoms with Gasteiger partial charge in [-0.25, -0.2) is 4.98 Å². The first-order chi connectivity index (χ1) is 13.0. The zero-order chi connectivity index (χ0) is 19.0. The first kappa shape index (κ1) is 17.8. The monoisotopic (exact) mass is 419 g/mol. The molecule has 1 atom stereocenters. The van der Waals surface area contributed by atoms with Crippen LogP contribution in [0.4, 0.5) is 11.5 Å². The molecule has 3 nitrogen and oxygen atoms in total. The van der Waals surface area contributed by atoms with E-state index in [-0.39, 0.29) is 5.92 Å². The first-order valence-electron chi connectivity index (χ1n) is 9.10. The van der Waals surface area contributed by atoms with E-state index in [1.807, 2.05) is 18.2 Å². The number of anilines is 2. The smallest absolute Gasteiger partial charge is 0.139 e. The van der Waals surface area contributed by atoms with Crippen molar-refractivity contribution >= 4 is 33.1 Å². The zero-order valence-electron chi connectivity index (χ0n) is 15.7. The molecule has 0 radical (unpaired) electrons. The number of aryl methyl sites for hydroxylation is 2. The molecule has 2 heterocycles. The number of pyridine rings is 1. The highest BCUT2D eigenvalue weighted by Crippen LogP contribution is 2.34. The Labute approximate surface area is 168 Å². The number of nitrogens with zero attached hydrogens (tertiary/aromatic N) is 2. The van der Waals surface area contributed by atoms with E-state index in [9.17, 15) is 0 Å². The van der Waals surface area contributed by atoms with Crippen LogP contribution in [0.1, 0.15) is 35.2 Å². The normalized spacial score (nSPS) is 12.3. The van der Waals surface area contributed by atoms with Crippen molar-refractivity contribution < 1.29 is 0 Å². The van der Waals surface area contributed by atoms with Gasteiger partial charge in [0.25, 0.3) is 0 Å². The Morgan fingerprint density at radius 1 is 0.926 bits per heavy atom. The van der Waals surface area contributed by atoms with Gasteiger partial charge in [-0.1, -0.05) is 55.5 Å². The number of aromatic nitrogens is 2. The van der Waals surface area contributed by atoms with Gasteiger partial charge in [-0.15, -0.1) is 0 Å². The third kappa shape index (κ3) is 3.37. The van der Waals surface area contributed by atoms with Crippen LogP contribution in [-0.4, -0.2) is 9.38 Å². The van der Waals surface area contributed by atoms with Crippen molar-refractivity contribution in [2.24, 2.45) is 0 Å². The fourth-order valence-electron chi connectivity index (χ4n) is 3.49. The van der Waals surface area contributed by atoms with E-state index in [4.69, 9.17) is 4.98 Å². The van der Waals surface area contributed by atoms with Gasteiger partial charge >= 0.3 is 0 Å². The Balaban J connectivity index is 1.90. The molecule has 1 unspecified atom stereocenters. The molecule has 2 aromatic heterocycles. The van der Waals surface area contributed by atoms with Gasteiger partial charge in [-0.3, -0.25) is 4.40 Å². The summed E-state index contributed by atoms with van der Waals surface area (Å²) in [5.41, 5.74) is 6.81. The molecule has 0 saturated heterocycles. The maximum atomic E-state index is 4.97. The van der Waals surface area contributed by atoms with Crippen molar-refractivity contribution in [1.82, 2.24) is 9.38 Å². The summed E-state index contributed by atoms with van der Waals surface area (Å²) in [6, 6.07) is 21.0. The third-order valence-electron chi connectivity index (χ3n) is 5.04. The summed E-state index contributed by atoms with van der Waals surface area (Å²) in [6.45, 7) is 6.48. The number of nitrogens with one attached hydrogen (secondary N) is 1. The highest BCUT2D eigenvalue weighted by Gasteiger charge is 2.20. The Hall–Kier alpha value is -2.59. The van der Waals surface area contributed by atoms with E-state index in [2.05, 4.69) is 95.1 Å². The molecule has 0 aliphatic heterocycles. The van der Waals surface area contributed by atoms with Crippen LogP contribution in [-0.2, 0) is 0 Å². The van der Waals surface area contributed by atoms with Crippen LogP contribution in [0.25, 0.3) is 5.65 Å². The van der Waals surface area contributed by atoms with Crippen LogP contribution < -0.4 is 5.32 Å². The molecular formula is C23H22BrN3. The quantitative estimate of drug-likeness (QED) is 0.403. The number of benzene rings is 2. The second-order valence-corrected chi connectivity index (χ2v) is 7.86. The molecule has 27 heavy (non-hydrogen) atoms. The summed E-state index contributed by atoms with van der Waals surface area (Å²) in [5, 5.41) is 3.69. The van der Waals surface area contributed by atoms with Gasteiger partial charge in [0.05, 0.1) is 5.69 Å². The van der Waals surface area contributed by atoms with Gasteiger partial charge in [0.15, 0.2) is 0 Å². The first-order valence-corrected chi connectivity index (χ1v) is 9.89. The summed E-state index contributed by atoms with van der Waals surface area (Å²) in [5.74, 6) is 1.19. The number of fused-ring (bicyclic) bond motifs is 1. The summed E-state index contributed by atoms with van der Waals surface area (Å²) in [7, 11) is 0. The zero-order valence-corrected chi connectivity index (χ0v) is 17.3. The molecule has 0 saturated carbocycles. The molecule has 0 aliphatic carbocycles. The summed E-state index contributed by atoms with van der Waals surface area (Å²) in [6.07, 6.45) is 2.07. The predicted octanol–water partition coefficient (Wildman–Crippen LogP) is 6.61. The molecule has 0 bridgehead atoms. The van der Waals surface area contributed by atoms with Gasteiger partial charge < -0.3 is 5.32 Å². The number of hydrogen-bond acceptors (Lipinski definition) is 2. The average molecular weight is 420 g/mol. The number of para-hydroxylation sites is 1. The van der Waals surface area contributed by atoms with Crippen LogP contribution >= 0.6 is 15.9 Å². The topological polar surface area (TPSA) is 29.3 Å². The molecule has 4 heteroatoms. The number of imidazole rings is 1. The Kier molecular flexibility index (Phi) is 4.75. The van der Waals surface area contributed by atoms with Crippen molar-refractivity contribution in [2.45, 2.75) is 26.7 Å². The van der Waals surface area contributed by atoms with Gasteiger partial charge in [0, 0.05) is 22.3 Å². The minimum absolute atomic E-state index is 0.177. The largest absolute Gasteiger partial charge is 0.339 e. The standard InChI is InChI=1S/C23H22BrN3/c1-15-8-7-9-16(2)21(15)26-23-22(17(3)18-10-5-4-6-11-18)25-20-13-12-19(24)14-27(20)23/h4-14,17,26H,1-3H3. The van der Waals surface area contributed by atoms with E-state index in [1.165, 1.54) is 16.7 Å². The second-order valence-electron chi connectivity index (χ2n) is 6.95. The molecule has 4 rings (SSSR count). The van der Waals surface area contributed by atoms with Crippen molar-refractivity contribution in [3.8, 4) is 0 Å². The van der Waals surface area contributed by atoms with Gasteiger partial charge in [0.2, 0.25) is 0 Å².